The highest BCUT2D eigenvalue weighted by atomic mass is 16.5. The molecule has 1 rings (SSSR count). The van der Waals surface area contributed by atoms with Crippen LogP contribution in [0.4, 0.5) is 0 Å². The smallest absolute Gasteiger partial charge is 0.325 e. The van der Waals surface area contributed by atoms with Crippen molar-refractivity contribution in [3.8, 4) is 0 Å². The number of esters is 1. The Hall–Kier alpha value is -0.570. The second kappa shape index (κ2) is 5.67. The molecule has 0 aromatic rings. The molecule has 0 amide bonds. The zero-order valence-corrected chi connectivity index (χ0v) is 11.1. The third kappa shape index (κ3) is 3.21. The van der Waals surface area contributed by atoms with Gasteiger partial charge >= 0.3 is 5.97 Å². The van der Waals surface area contributed by atoms with E-state index in [1.807, 2.05) is 27.8 Å². The minimum absolute atomic E-state index is 0.115. The van der Waals surface area contributed by atoms with E-state index >= 15 is 0 Å². The van der Waals surface area contributed by atoms with Crippen LogP contribution in [-0.4, -0.2) is 36.6 Å². The maximum Gasteiger partial charge on any atom is 0.325 e. The molecule has 0 aromatic heterocycles. The Kier molecular flexibility index (Phi) is 4.78. The lowest BCUT2D eigenvalue weighted by molar-refractivity contribution is -0.155. The lowest BCUT2D eigenvalue weighted by Gasteiger charge is -2.34. The Balaban J connectivity index is 2.49. The number of likely N-dealkylation sites (N-methyl/N-ethyl adjacent to an activating group) is 1. The van der Waals surface area contributed by atoms with Crippen molar-refractivity contribution in [1.82, 2.24) is 4.90 Å². The number of hydrogen-bond acceptors (Lipinski definition) is 3. The van der Waals surface area contributed by atoms with Gasteiger partial charge in [0.05, 0.1) is 6.61 Å². The molecule has 3 heteroatoms. The molecule has 1 aliphatic rings. The molecule has 0 saturated heterocycles. The molecule has 3 nitrogen and oxygen atoms in total. The first-order valence-corrected chi connectivity index (χ1v) is 6.37. The number of carbonyl (C=O) groups excluding carboxylic acids is 1. The van der Waals surface area contributed by atoms with Crippen molar-refractivity contribution in [2.24, 2.45) is 5.92 Å². The molecule has 1 aliphatic carbocycles. The fourth-order valence-corrected chi connectivity index (χ4v) is 2.27. The molecule has 1 saturated carbocycles. The largest absolute Gasteiger partial charge is 0.465 e. The summed E-state index contributed by atoms with van der Waals surface area (Å²) in [5.41, 5.74) is -0.501. The van der Waals surface area contributed by atoms with E-state index in [2.05, 4.69) is 4.90 Å². The highest BCUT2D eigenvalue weighted by Gasteiger charge is 2.35. The average molecular weight is 227 g/mol. The van der Waals surface area contributed by atoms with Crippen LogP contribution in [-0.2, 0) is 9.53 Å². The van der Waals surface area contributed by atoms with E-state index in [4.69, 9.17) is 4.74 Å². The second-order valence-corrected chi connectivity index (χ2v) is 5.31. The van der Waals surface area contributed by atoms with E-state index in [0.717, 1.165) is 12.5 Å². The molecular weight excluding hydrogens is 202 g/mol. The van der Waals surface area contributed by atoms with E-state index in [0.29, 0.717) is 6.61 Å². The van der Waals surface area contributed by atoms with Crippen LogP contribution in [0.15, 0.2) is 0 Å². The van der Waals surface area contributed by atoms with Crippen molar-refractivity contribution in [2.45, 2.75) is 52.0 Å². The zero-order chi connectivity index (χ0) is 12.2. The Morgan fingerprint density at radius 3 is 2.44 bits per heavy atom. The number of nitrogens with zero attached hydrogens (tertiary/aromatic N) is 1. The van der Waals surface area contributed by atoms with Gasteiger partial charge in [0, 0.05) is 6.54 Å². The summed E-state index contributed by atoms with van der Waals surface area (Å²) in [6.45, 7) is 7.20. The Bertz CT molecular complexity index is 232. The molecule has 0 N–H and O–H groups in total. The average Bonchev–Trinajstić information content (AvgIpc) is 2.70. The number of hydrogen-bond donors (Lipinski definition) is 0. The summed E-state index contributed by atoms with van der Waals surface area (Å²) >= 11 is 0. The van der Waals surface area contributed by atoms with Gasteiger partial charge in [0.15, 0.2) is 0 Å². The van der Waals surface area contributed by atoms with Gasteiger partial charge in [-0.15, -0.1) is 0 Å². The van der Waals surface area contributed by atoms with Crippen molar-refractivity contribution >= 4 is 5.97 Å². The summed E-state index contributed by atoms with van der Waals surface area (Å²) in [6, 6.07) is 0. The topological polar surface area (TPSA) is 29.5 Å². The van der Waals surface area contributed by atoms with Gasteiger partial charge in [0.1, 0.15) is 5.54 Å². The summed E-state index contributed by atoms with van der Waals surface area (Å²) in [5, 5.41) is 0. The van der Waals surface area contributed by atoms with Gasteiger partial charge < -0.3 is 4.74 Å². The van der Waals surface area contributed by atoms with E-state index < -0.39 is 5.54 Å². The highest BCUT2D eigenvalue weighted by Crippen LogP contribution is 2.27. The van der Waals surface area contributed by atoms with E-state index in [-0.39, 0.29) is 5.97 Å². The SMILES string of the molecule is CCOC(=O)C(C)(C)N(C)CC1CCCC1. The summed E-state index contributed by atoms with van der Waals surface area (Å²) in [6.07, 6.45) is 5.31. The fourth-order valence-electron chi connectivity index (χ4n) is 2.27. The van der Waals surface area contributed by atoms with Gasteiger partial charge in [-0.3, -0.25) is 9.69 Å². The highest BCUT2D eigenvalue weighted by molar-refractivity contribution is 5.79. The van der Waals surface area contributed by atoms with Crippen LogP contribution < -0.4 is 0 Å². The maximum atomic E-state index is 11.8. The first-order valence-electron chi connectivity index (χ1n) is 6.37. The molecular formula is C13H25NO2. The predicted molar refractivity (Wildman–Crippen MR) is 65.3 cm³/mol. The van der Waals surface area contributed by atoms with Gasteiger partial charge in [0.25, 0.3) is 0 Å². The van der Waals surface area contributed by atoms with Crippen LogP contribution in [0, 0.1) is 5.92 Å². The summed E-state index contributed by atoms with van der Waals surface area (Å²) in [5.74, 6) is 0.647. The lowest BCUT2D eigenvalue weighted by atomic mass is 10.0. The molecule has 0 aromatic carbocycles. The number of rotatable bonds is 5. The van der Waals surface area contributed by atoms with E-state index in [1.165, 1.54) is 25.7 Å². The van der Waals surface area contributed by atoms with Crippen molar-refractivity contribution in [2.75, 3.05) is 20.2 Å². The summed E-state index contributed by atoms with van der Waals surface area (Å²) in [4.78, 5) is 14.0. The third-order valence-electron chi connectivity index (χ3n) is 3.74. The van der Waals surface area contributed by atoms with Gasteiger partial charge in [-0.05, 0) is 46.6 Å². The number of ether oxygens (including phenoxy) is 1. The lowest BCUT2D eigenvalue weighted by Crippen LogP contribution is -2.50. The molecule has 0 heterocycles. The first kappa shape index (κ1) is 13.5. The predicted octanol–water partition coefficient (Wildman–Crippen LogP) is 2.45. The molecule has 94 valence electrons. The third-order valence-corrected chi connectivity index (χ3v) is 3.74. The Morgan fingerprint density at radius 1 is 1.38 bits per heavy atom. The maximum absolute atomic E-state index is 11.8. The first-order chi connectivity index (χ1) is 7.48. The molecule has 0 atom stereocenters. The van der Waals surface area contributed by atoms with Gasteiger partial charge in [-0.25, -0.2) is 0 Å². The van der Waals surface area contributed by atoms with Gasteiger partial charge in [-0.2, -0.15) is 0 Å². The molecule has 0 bridgehead atoms. The van der Waals surface area contributed by atoms with Gasteiger partial charge in [-0.1, -0.05) is 12.8 Å². The standard InChI is InChI=1S/C13H25NO2/c1-5-16-12(15)13(2,3)14(4)10-11-8-6-7-9-11/h11H,5-10H2,1-4H3. The molecule has 16 heavy (non-hydrogen) atoms. The van der Waals surface area contributed by atoms with Crippen LogP contribution in [0.25, 0.3) is 0 Å². The van der Waals surface area contributed by atoms with E-state index in [1.54, 1.807) is 0 Å². The normalized spacial score (nSPS) is 18.1. The minimum Gasteiger partial charge on any atom is -0.465 e. The van der Waals surface area contributed by atoms with Gasteiger partial charge in [0.2, 0.25) is 0 Å². The molecule has 0 aliphatic heterocycles. The van der Waals surface area contributed by atoms with Crippen LogP contribution in [0.1, 0.15) is 46.5 Å². The zero-order valence-electron chi connectivity index (χ0n) is 11.1. The van der Waals surface area contributed by atoms with Crippen molar-refractivity contribution in [3.05, 3.63) is 0 Å². The molecule has 0 spiro atoms. The van der Waals surface area contributed by atoms with Crippen molar-refractivity contribution in [3.63, 3.8) is 0 Å². The second-order valence-electron chi connectivity index (χ2n) is 5.31. The monoisotopic (exact) mass is 227 g/mol. The minimum atomic E-state index is -0.501. The fraction of sp³-hybridized carbons (Fsp3) is 0.923. The van der Waals surface area contributed by atoms with Crippen LogP contribution in [0.2, 0.25) is 0 Å². The van der Waals surface area contributed by atoms with Crippen LogP contribution >= 0.6 is 0 Å². The Morgan fingerprint density at radius 2 is 1.94 bits per heavy atom. The van der Waals surface area contributed by atoms with Crippen molar-refractivity contribution in [1.29, 1.82) is 0 Å². The van der Waals surface area contributed by atoms with Crippen LogP contribution in [0.3, 0.4) is 0 Å². The van der Waals surface area contributed by atoms with Crippen LogP contribution in [0.5, 0.6) is 0 Å². The molecule has 0 unspecified atom stereocenters. The summed E-state index contributed by atoms with van der Waals surface area (Å²) < 4.78 is 5.11. The van der Waals surface area contributed by atoms with E-state index in [9.17, 15) is 4.79 Å². The molecule has 1 fully saturated rings. The molecule has 0 radical (unpaired) electrons. The Labute approximate surface area is 99.1 Å². The number of carbonyl (C=O) groups is 1. The summed E-state index contributed by atoms with van der Waals surface area (Å²) in [7, 11) is 2.02. The quantitative estimate of drug-likeness (QED) is 0.676. The van der Waals surface area contributed by atoms with Crippen molar-refractivity contribution < 1.29 is 9.53 Å².